The molecule has 0 aliphatic rings. The number of halogens is 4. The van der Waals surface area contributed by atoms with Crippen LogP contribution in [0.4, 0.5) is 17.6 Å². The summed E-state index contributed by atoms with van der Waals surface area (Å²) in [7, 11) is 0. The van der Waals surface area contributed by atoms with E-state index in [0.29, 0.717) is 0 Å². The molecule has 0 rings (SSSR count). The SMILES string of the molecule is N#CCCC(F)(F)C(F)(F)C#N. The van der Waals surface area contributed by atoms with E-state index in [2.05, 4.69) is 0 Å². The summed E-state index contributed by atoms with van der Waals surface area (Å²) in [6, 6.07) is 1.49. The number of alkyl halides is 4. The van der Waals surface area contributed by atoms with Crippen LogP contribution < -0.4 is 0 Å². The lowest BCUT2D eigenvalue weighted by molar-refractivity contribution is -0.177. The fourth-order valence-electron chi connectivity index (χ4n) is 0.452. The Morgan fingerprint density at radius 2 is 1.58 bits per heavy atom. The molecule has 0 aliphatic carbocycles. The Morgan fingerprint density at radius 1 is 1.08 bits per heavy atom. The zero-order chi connectivity index (χ0) is 9.83. The quantitative estimate of drug-likeness (QED) is 0.624. The van der Waals surface area contributed by atoms with Crippen LogP contribution in [0, 0.1) is 22.7 Å². The monoisotopic (exact) mass is 180 g/mol. The van der Waals surface area contributed by atoms with Crippen molar-refractivity contribution in [2.45, 2.75) is 24.7 Å². The number of hydrogen-bond donors (Lipinski definition) is 0. The van der Waals surface area contributed by atoms with Gasteiger partial charge in [0.15, 0.2) is 0 Å². The third kappa shape index (κ3) is 2.09. The van der Waals surface area contributed by atoms with E-state index in [0.717, 1.165) is 0 Å². The second kappa shape index (κ2) is 3.40. The molecule has 0 unspecified atom stereocenters. The molecule has 2 nitrogen and oxygen atoms in total. The molecule has 0 saturated heterocycles. The van der Waals surface area contributed by atoms with Crippen molar-refractivity contribution in [2.24, 2.45) is 0 Å². The molecule has 0 fully saturated rings. The van der Waals surface area contributed by atoms with Gasteiger partial charge in [-0.1, -0.05) is 0 Å². The van der Waals surface area contributed by atoms with E-state index in [9.17, 15) is 17.6 Å². The van der Waals surface area contributed by atoms with E-state index in [1.165, 1.54) is 6.07 Å². The molecule has 0 aromatic carbocycles. The lowest BCUT2D eigenvalue weighted by atomic mass is 10.1. The summed E-state index contributed by atoms with van der Waals surface area (Å²) >= 11 is 0. The van der Waals surface area contributed by atoms with E-state index in [1.807, 2.05) is 0 Å². The van der Waals surface area contributed by atoms with Gasteiger partial charge in [0.1, 0.15) is 6.07 Å². The Balaban J connectivity index is 4.43. The highest BCUT2D eigenvalue weighted by atomic mass is 19.3. The molecule has 0 spiro atoms. The van der Waals surface area contributed by atoms with Gasteiger partial charge in [0.05, 0.1) is 6.07 Å². The minimum atomic E-state index is -4.69. The van der Waals surface area contributed by atoms with Gasteiger partial charge in [-0.2, -0.15) is 28.1 Å². The van der Waals surface area contributed by atoms with Crippen LogP contribution >= 0.6 is 0 Å². The predicted octanol–water partition coefficient (Wildman–Crippen LogP) is 2.08. The second-order valence-corrected chi connectivity index (χ2v) is 2.05. The van der Waals surface area contributed by atoms with Crippen molar-refractivity contribution in [2.75, 3.05) is 0 Å². The molecule has 0 amide bonds. The van der Waals surface area contributed by atoms with Crippen LogP contribution in [0.3, 0.4) is 0 Å². The maximum atomic E-state index is 12.3. The van der Waals surface area contributed by atoms with E-state index < -0.39 is 24.7 Å². The Hall–Kier alpha value is -1.30. The van der Waals surface area contributed by atoms with Gasteiger partial charge in [-0.25, -0.2) is 0 Å². The summed E-state index contributed by atoms with van der Waals surface area (Å²) in [5.74, 6) is -9.11. The molecule has 6 heteroatoms. The molecular weight excluding hydrogens is 176 g/mol. The van der Waals surface area contributed by atoms with E-state index in [1.54, 1.807) is 0 Å². The number of hydrogen-bond acceptors (Lipinski definition) is 2. The van der Waals surface area contributed by atoms with Crippen molar-refractivity contribution in [3.63, 3.8) is 0 Å². The molecule has 0 bridgehead atoms. The molecule has 66 valence electrons. The summed E-state index contributed by atoms with van der Waals surface area (Å²) < 4.78 is 48.6. The highest BCUT2D eigenvalue weighted by Gasteiger charge is 2.56. The van der Waals surface area contributed by atoms with Crippen LogP contribution in [0.1, 0.15) is 12.8 Å². The first-order valence-corrected chi connectivity index (χ1v) is 2.91. The van der Waals surface area contributed by atoms with Crippen molar-refractivity contribution in [1.82, 2.24) is 0 Å². The van der Waals surface area contributed by atoms with Gasteiger partial charge >= 0.3 is 11.8 Å². The molecular formula is C6H4F4N2. The zero-order valence-corrected chi connectivity index (χ0v) is 5.82. The molecule has 0 heterocycles. The van der Waals surface area contributed by atoms with Gasteiger partial charge in [-0.05, 0) is 0 Å². The van der Waals surface area contributed by atoms with E-state index in [4.69, 9.17) is 10.5 Å². The summed E-state index contributed by atoms with van der Waals surface area (Å²) in [5, 5.41) is 15.5. The first kappa shape index (κ1) is 10.7. The Bertz CT molecular complexity index is 235. The minimum absolute atomic E-state index is 0.198. The number of nitriles is 2. The van der Waals surface area contributed by atoms with Gasteiger partial charge in [0.25, 0.3) is 0 Å². The Morgan fingerprint density at radius 3 is 1.92 bits per heavy atom. The maximum absolute atomic E-state index is 12.3. The Kier molecular flexibility index (Phi) is 3.03. The van der Waals surface area contributed by atoms with E-state index in [-0.39, 0.29) is 6.07 Å². The van der Waals surface area contributed by atoms with Crippen molar-refractivity contribution in [3.8, 4) is 12.1 Å². The highest BCUT2D eigenvalue weighted by molar-refractivity contribution is 5.02. The normalized spacial score (nSPS) is 11.8. The van der Waals surface area contributed by atoms with Crippen LogP contribution in [0.5, 0.6) is 0 Å². The van der Waals surface area contributed by atoms with Gasteiger partial charge in [-0.3, -0.25) is 0 Å². The summed E-state index contributed by atoms with van der Waals surface area (Å²) in [4.78, 5) is 0. The lowest BCUT2D eigenvalue weighted by Gasteiger charge is -2.18. The average Bonchev–Trinajstić information content (AvgIpc) is 2.00. The maximum Gasteiger partial charge on any atom is 0.393 e. The van der Waals surface area contributed by atoms with Crippen LogP contribution in [-0.2, 0) is 0 Å². The first-order valence-electron chi connectivity index (χ1n) is 2.91. The third-order valence-electron chi connectivity index (χ3n) is 1.15. The molecule has 0 radical (unpaired) electrons. The summed E-state index contributed by atoms with van der Waals surface area (Å²) in [5.41, 5.74) is 0. The second-order valence-electron chi connectivity index (χ2n) is 2.05. The zero-order valence-electron chi connectivity index (χ0n) is 5.82. The largest absolute Gasteiger partial charge is 0.393 e. The molecule has 0 saturated carbocycles. The molecule has 0 aliphatic heterocycles. The standard InChI is InChI=1S/C6H4F4N2/c7-5(8,2-1-3-11)6(9,10)4-12/h1-2H2. The number of nitrogens with zero attached hydrogens (tertiary/aromatic N) is 2. The summed E-state index contributed by atoms with van der Waals surface area (Å²) in [6.07, 6.45) is -2.01. The topological polar surface area (TPSA) is 47.6 Å². The smallest absolute Gasteiger partial charge is 0.199 e. The molecule has 0 aromatic heterocycles. The first-order chi connectivity index (χ1) is 5.37. The molecule has 0 atom stereocenters. The lowest BCUT2D eigenvalue weighted by Crippen LogP contribution is -2.38. The van der Waals surface area contributed by atoms with Crippen molar-refractivity contribution < 1.29 is 17.6 Å². The van der Waals surface area contributed by atoms with Crippen LogP contribution in [0.15, 0.2) is 0 Å². The fraction of sp³-hybridized carbons (Fsp3) is 0.667. The number of rotatable bonds is 3. The van der Waals surface area contributed by atoms with Crippen molar-refractivity contribution in [3.05, 3.63) is 0 Å². The van der Waals surface area contributed by atoms with Crippen molar-refractivity contribution >= 4 is 0 Å². The third-order valence-corrected chi connectivity index (χ3v) is 1.15. The molecule has 0 aromatic rings. The molecule has 0 N–H and O–H groups in total. The fourth-order valence-corrected chi connectivity index (χ4v) is 0.452. The highest BCUT2D eigenvalue weighted by Crippen LogP contribution is 2.36. The Labute approximate surface area is 66.0 Å². The van der Waals surface area contributed by atoms with Crippen molar-refractivity contribution in [1.29, 1.82) is 10.5 Å². The van der Waals surface area contributed by atoms with Gasteiger partial charge in [-0.15, -0.1) is 0 Å². The average molecular weight is 180 g/mol. The summed E-state index contributed by atoms with van der Waals surface area (Å²) in [6.45, 7) is 0. The van der Waals surface area contributed by atoms with Crippen LogP contribution in [-0.4, -0.2) is 11.8 Å². The molecule has 12 heavy (non-hydrogen) atoms. The van der Waals surface area contributed by atoms with Gasteiger partial charge in [0, 0.05) is 12.8 Å². The van der Waals surface area contributed by atoms with Gasteiger partial charge < -0.3 is 0 Å². The van der Waals surface area contributed by atoms with Crippen LogP contribution in [0.25, 0.3) is 0 Å². The van der Waals surface area contributed by atoms with Crippen LogP contribution in [0.2, 0.25) is 0 Å². The van der Waals surface area contributed by atoms with E-state index >= 15 is 0 Å². The van der Waals surface area contributed by atoms with Gasteiger partial charge in [0.2, 0.25) is 0 Å². The predicted molar refractivity (Wildman–Crippen MR) is 30.4 cm³/mol. The minimum Gasteiger partial charge on any atom is -0.199 e.